The van der Waals surface area contributed by atoms with E-state index < -0.39 is 0 Å². The Morgan fingerprint density at radius 1 is 1.26 bits per heavy atom. The highest BCUT2D eigenvalue weighted by atomic mass is 127. The van der Waals surface area contributed by atoms with Gasteiger partial charge in [0.05, 0.1) is 18.8 Å². The molecule has 0 heterocycles. The van der Waals surface area contributed by atoms with Crippen LogP contribution in [0.15, 0.2) is 41.9 Å². The fraction of sp³-hybridized carbons (Fsp3) is 0.500. The molecule has 0 saturated carbocycles. The van der Waals surface area contributed by atoms with E-state index in [4.69, 9.17) is 4.74 Å². The molecule has 1 aromatic rings. The maximum atomic E-state index is 5.82. The largest absolute Gasteiger partial charge is 0.371 e. The van der Waals surface area contributed by atoms with Gasteiger partial charge in [0, 0.05) is 13.1 Å². The first kappa shape index (κ1) is 21.9. The predicted octanol–water partition coefficient (Wildman–Crippen LogP) is 3.86. The maximum absolute atomic E-state index is 5.82. The second kappa shape index (κ2) is 11.5. The topological polar surface area (TPSA) is 45.7 Å². The van der Waals surface area contributed by atoms with Crippen molar-refractivity contribution in [3.63, 3.8) is 0 Å². The Kier molecular flexibility index (Phi) is 10.9. The number of hydrogen-bond donors (Lipinski definition) is 2. The van der Waals surface area contributed by atoms with Gasteiger partial charge in [-0.1, -0.05) is 30.3 Å². The molecule has 0 unspecified atom stereocenters. The number of nitrogens with zero attached hydrogens (tertiary/aromatic N) is 1. The summed E-state index contributed by atoms with van der Waals surface area (Å²) in [5.41, 5.74) is 2.22. The van der Waals surface area contributed by atoms with Crippen LogP contribution in [0.5, 0.6) is 0 Å². The summed E-state index contributed by atoms with van der Waals surface area (Å²) >= 11 is 0. The number of aliphatic imine (C=N–C) groups is 1. The van der Waals surface area contributed by atoms with Crippen LogP contribution in [0.1, 0.15) is 38.8 Å². The van der Waals surface area contributed by atoms with Crippen LogP contribution in [-0.2, 0) is 17.9 Å². The summed E-state index contributed by atoms with van der Waals surface area (Å²) in [5, 5.41) is 6.41. The van der Waals surface area contributed by atoms with Crippen LogP contribution >= 0.6 is 24.0 Å². The fourth-order valence-corrected chi connectivity index (χ4v) is 1.80. The number of ether oxygens (including phenoxy) is 1. The molecule has 0 atom stereocenters. The molecule has 0 aromatic heterocycles. The van der Waals surface area contributed by atoms with Crippen molar-refractivity contribution < 1.29 is 4.74 Å². The molecule has 4 nitrogen and oxygen atoms in total. The molecule has 130 valence electrons. The lowest BCUT2D eigenvalue weighted by Gasteiger charge is -2.19. The number of nitrogens with one attached hydrogen (secondary N) is 2. The highest BCUT2D eigenvalue weighted by molar-refractivity contribution is 14.0. The Morgan fingerprint density at radius 3 is 2.57 bits per heavy atom. The van der Waals surface area contributed by atoms with Gasteiger partial charge in [-0.25, -0.2) is 4.99 Å². The number of rotatable bonds is 7. The van der Waals surface area contributed by atoms with Crippen LogP contribution < -0.4 is 10.6 Å². The smallest absolute Gasteiger partial charge is 0.191 e. The Labute approximate surface area is 157 Å². The Balaban J connectivity index is 0.00000484. The van der Waals surface area contributed by atoms with Crippen molar-refractivity contribution in [3.05, 3.63) is 48.0 Å². The highest BCUT2D eigenvalue weighted by Crippen LogP contribution is 2.13. The van der Waals surface area contributed by atoms with Crippen LogP contribution in [0.2, 0.25) is 0 Å². The second-order valence-corrected chi connectivity index (χ2v) is 6.09. The summed E-state index contributed by atoms with van der Waals surface area (Å²) in [4.78, 5) is 4.58. The molecule has 0 aliphatic carbocycles. The molecule has 0 amide bonds. The molecule has 0 aliphatic heterocycles. The molecule has 2 N–H and O–H groups in total. The fourth-order valence-electron chi connectivity index (χ4n) is 1.80. The minimum absolute atomic E-state index is 0. The Morgan fingerprint density at radius 2 is 1.96 bits per heavy atom. The number of hydrogen-bond acceptors (Lipinski definition) is 2. The van der Waals surface area contributed by atoms with Crippen molar-refractivity contribution in [2.45, 2.75) is 46.4 Å². The summed E-state index contributed by atoms with van der Waals surface area (Å²) in [6.07, 6.45) is 1.82. The number of halogens is 1. The van der Waals surface area contributed by atoms with Gasteiger partial charge in [0.1, 0.15) is 0 Å². The van der Waals surface area contributed by atoms with Crippen molar-refractivity contribution in [3.8, 4) is 0 Å². The van der Waals surface area contributed by atoms with Crippen LogP contribution in [0, 0.1) is 0 Å². The minimum atomic E-state index is -0.124. The van der Waals surface area contributed by atoms with E-state index in [1.54, 1.807) is 0 Å². The maximum Gasteiger partial charge on any atom is 0.191 e. The first-order chi connectivity index (χ1) is 10.4. The van der Waals surface area contributed by atoms with E-state index in [0.29, 0.717) is 19.7 Å². The van der Waals surface area contributed by atoms with Crippen molar-refractivity contribution >= 4 is 29.9 Å². The van der Waals surface area contributed by atoms with E-state index >= 15 is 0 Å². The van der Waals surface area contributed by atoms with E-state index in [-0.39, 0.29) is 29.6 Å². The highest BCUT2D eigenvalue weighted by Gasteiger charge is 2.10. The number of guanidine groups is 1. The third-order valence-corrected chi connectivity index (χ3v) is 2.84. The summed E-state index contributed by atoms with van der Waals surface area (Å²) in [6, 6.07) is 8.36. The molecule has 0 spiro atoms. The first-order valence-corrected chi connectivity index (χ1v) is 7.79. The van der Waals surface area contributed by atoms with Gasteiger partial charge in [0.2, 0.25) is 0 Å². The van der Waals surface area contributed by atoms with Gasteiger partial charge in [-0.05, 0) is 38.8 Å². The van der Waals surface area contributed by atoms with Gasteiger partial charge < -0.3 is 15.4 Å². The van der Waals surface area contributed by atoms with Gasteiger partial charge in [-0.3, -0.25) is 0 Å². The van der Waals surface area contributed by atoms with Gasteiger partial charge in [0.15, 0.2) is 5.96 Å². The zero-order valence-corrected chi connectivity index (χ0v) is 17.0. The van der Waals surface area contributed by atoms with Gasteiger partial charge >= 0.3 is 0 Å². The van der Waals surface area contributed by atoms with Crippen LogP contribution in [0.4, 0.5) is 0 Å². The summed E-state index contributed by atoms with van der Waals surface area (Å²) in [7, 11) is 0. The van der Waals surface area contributed by atoms with E-state index in [0.717, 1.165) is 12.5 Å². The summed E-state index contributed by atoms with van der Waals surface area (Å²) < 4.78 is 5.82. The second-order valence-electron chi connectivity index (χ2n) is 6.09. The van der Waals surface area contributed by atoms with E-state index in [2.05, 4.69) is 74.2 Å². The van der Waals surface area contributed by atoms with Crippen molar-refractivity contribution in [1.82, 2.24) is 10.6 Å². The lowest BCUT2D eigenvalue weighted by atomic mass is 10.1. The molecule has 0 fully saturated rings. The third-order valence-electron chi connectivity index (χ3n) is 2.84. The lowest BCUT2D eigenvalue weighted by molar-refractivity contribution is -0.0149. The summed E-state index contributed by atoms with van der Waals surface area (Å²) in [6.45, 7) is 14.7. The molecular weight excluding hydrogens is 401 g/mol. The van der Waals surface area contributed by atoms with Crippen LogP contribution in [0.3, 0.4) is 0 Å². The zero-order valence-electron chi connectivity index (χ0n) is 14.7. The van der Waals surface area contributed by atoms with E-state index in [9.17, 15) is 0 Å². The Bertz CT molecular complexity index is 495. The standard InChI is InChI=1S/C18H29N3O.HI/c1-6-11-20-17(19-7-2)21-13-15-9-8-10-16(12-15)14-22-18(3,4)5;/h6,8-10,12H,1,7,11,13-14H2,2-5H3,(H2,19,20,21);1H. The van der Waals surface area contributed by atoms with Crippen molar-refractivity contribution in [2.75, 3.05) is 13.1 Å². The SMILES string of the molecule is C=CCNC(=NCc1cccc(COC(C)(C)C)c1)NCC.I. The molecule has 0 saturated heterocycles. The first-order valence-electron chi connectivity index (χ1n) is 7.79. The van der Waals surface area contributed by atoms with Crippen molar-refractivity contribution in [1.29, 1.82) is 0 Å². The molecule has 5 heteroatoms. The number of benzene rings is 1. The van der Waals surface area contributed by atoms with Crippen LogP contribution in [0.25, 0.3) is 0 Å². The van der Waals surface area contributed by atoms with E-state index in [1.165, 1.54) is 11.1 Å². The van der Waals surface area contributed by atoms with Gasteiger partial charge in [-0.15, -0.1) is 30.6 Å². The van der Waals surface area contributed by atoms with Crippen LogP contribution in [-0.4, -0.2) is 24.7 Å². The molecular formula is C18H30IN3O. The van der Waals surface area contributed by atoms with Crippen molar-refractivity contribution in [2.24, 2.45) is 4.99 Å². The average Bonchev–Trinajstić information content (AvgIpc) is 2.48. The zero-order chi connectivity index (χ0) is 16.4. The molecule has 0 bridgehead atoms. The Hall–Kier alpha value is -1.08. The summed E-state index contributed by atoms with van der Waals surface area (Å²) in [5.74, 6) is 0.804. The molecule has 0 aliphatic rings. The monoisotopic (exact) mass is 431 g/mol. The lowest BCUT2D eigenvalue weighted by Crippen LogP contribution is -2.37. The molecule has 1 aromatic carbocycles. The molecule has 23 heavy (non-hydrogen) atoms. The minimum Gasteiger partial charge on any atom is -0.371 e. The van der Waals surface area contributed by atoms with Gasteiger partial charge in [0.25, 0.3) is 0 Å². The predicted molar refractivity (Wildman–Crippen MR) is 109 cm³/mol. The molecule has 0 radical (unpaired) electrons. The third kappa shape index (κ3) is 10.3. The average molecular weight is 431 g/mol. The normalized spacial score (nSPS) is 11.6. The van der Waals surface area contributed by atoms with E-state index in [1.807, 2.05) is 6.08 Å². The molecule has 1 rings (SSSR count). The quantitative estimate of drug-likeness (QED) is 0.298. The van der Waals surface area contributed by atoms with Gasteiger partial charge in [-0.2, -0.15) is 0 Å².